The molecule has 0 saturated carbocycles. The molecule has 1 saturated heterocycles. The molecule has 0 aromatic heterocycles. The standard InChI is InChI=1S/C32H33ClF2N4O2/c1-38-19-32(24-4-2-3-5-29(24)38)10-12-39(13-11-32)31(41)28(14-20-6-8-23(33)9-7-20)37-30(40)27-17-21-15-25(34)26(35)16-22(21)18-36-27/h2-9,15-16,27-28,36H,10-14,17-19H2,1H3,(H,37,40)/t27-,28+/m0/s1. The third kappa shape index (κ3) is 5.43. The zero-order chi connectivity index (χ0) is 28.7. The molecule has 2 amide bonds. The van der Waals surface area contributed by atoms with Crippen LogP contribution in [0, 0.1) is 11.6 Å². The molecular formula is C32H33ClF2N4O2. The van der Waals surface area contributed by atoms with Gasteiger partial charge >= 0.3 is 0 Å². The highest BCUT2D eigenvalue weighted by molar-refractivity contribution is 6.30. The largest absolute Gasteiger partial charge is 0.373 e. The number of fused-ring (bicyclic) bond motifs is 3. The molecule has 3 heterocycles. The number of halogens is 3. The number of likely N-dealkylation sites (N-methyl/N-ethyl adjacent to an activating group) is 1. The van der Waals surface area contributed by atoms with E-state index >= 15 is 0 Å². The molecule has 41 heavy (non-hydrogen) atoms. The van der Waals surface area contributed by atoms with Gasteiger partial charge in [0.15, 0.2) is 11.6 Å². The minimum Gasteiger partial charge on any atom is -0.373 e. The Kier molecular flexibility index (Phi) is 7.47. The summed E-state index contributed by atoms with van der Waals surface area (Å²) in [6.07, 6.45) is 2.23. The van der Waals surface area contributed by atoms with Crippen LogP contribution >= 0.6 is 11.6 Å². The normalized spacial score (nSPS) is 20.0. The summed E-state index contributed by atoms with van der Waals surface area (Å²) >= 11 is 6.08. The van der Waals surface area contributed by atoms with E-state index < -0.39 is 23.7 Å². The molecule has 3 aliphatic rings. The predicted octanol–water partition coefficient (Wildman–Crippen LogP) is 4.37. The van der Waals surface area contributed by atoms with Crippen LogP contribution in [0.4, 0.5) is 14.5 Å². The van der Waals surface area contributed by atoms with Gasteiger partial charge in [0.25, 0.3) is 0 Å². The van der Waals surface area contributed by atoms with Gasteiger partial charge in [0.05, 0.1) is 6.04 Å². The van der Waals surface area contributed by atoms with Gasteiger partial charge in [-0.15, -0.1) is 0 Å². The third-order valence-corrected chi connectivity index (χ3v) is 9.20. The Morgan fingerprint density at radius 3 is 2.46 bits per heavy atom. The monoisotopic (exact) mass is 578 g/mol. The van der Waals surface area contributed by atoms with Crippen LogP contribution in [0.5, 0.6) is 0 Å². The summed E-state index contributed by atoms with van der Waals surface area (Å²) in [6, 6.07) is 16.6. The molecule has 1 spiro atoms. The first-order valence-corrected chi connectivity index (χ1v) is 14.4. The fraction of sp³-hybridized carbons (Fsp3) is 0.375. The van der Waals surface area contributed by atoms with Crippen LogP contribution < -0.4 is 15.5 Å². The number of piperidine rings is 1. The zero-order valence-electron chi connectivity index (χ0n) is 22.9. The second-order valence-corrected chi connectivity index (χ2v) is 12.0. The number of nitrogens with zero attached hydrogens (tertiary/aromatic N) is 2. The van der Waals surface area contributed by atoms with E-state index in [0.717, 1.165) is 31.0 Å². The molecular weight excluding hydrogens is 546 g/mol. The average molecular weight is 579 g/mol. The Balaban J connectivity index is 1.18. The number of hydrogen-bond donors (Lipinski definition) is 2. The van der Waals surface area contributed by atoms with Gasteiger partial charge < -0.3 is 20.4 Å². The van der Waals surface area contributed by atoms with Crippen LogP contribution in [-0.2, 0) is 34.4 Å². The smallest absolute Gasteiger partial charge is 0.245 e. The number of anilines is 1. The lowest BCUT2D eigenvalue weighted by molar-refractivity contribution is -0.138. The Labute approximate surface area is 243 Å². The number of likely N-dealkylation sites (tertiary alicyclic amines) is 1. The van der Waals surface area contributed by atoms with Crippen molar-refractivity contribution in [2.75, 3.05) is 31.6 Å². The van der Waals surface area contributed by atoms with Gasteiger partial charge in [-0.05, 0) is 71.8 Å². The molecule has 6 rings (SSSR count). The molecule has 214 valence electrons. The second kappa shape index (κ2) is 11.1. The van der Waals surface area contributed by atoms with Gasteiger partial charge in [0.2, 0.25) is 11.8 Å². The number of hydrogen-bond acceptors (Lipinski definition) is 4. The van der Waals surface area contributed by atoms with Crippen molar-refractivity contribution in [3.8, 4) is 0 Å². The van der Waals surface area contributed by atoms with Crippen LogP contribution in [-0.4, -0.2) is 55.5 Å². The van der Waals surface area contributed by atoms with Crippen molar-refractivity contribution in [1.82, 2.24) is 15.5 Å². The lowest BCUT2D eigenvalue weighted by atomic mass is 9.74. The minimum atomic E-state index is -0.931. The second-order valence-electron chi connectivity index (χ2n) is 11.5. The Morgan fingerprint density at radius 2 is 1.73 bits per heavy atom. The van der Waals surface area contributed by atoms with Crippen LogP contribution in [0.2, 0.25) is 5.02 Å². The first-order valence-electron chi connectivity index (χ1n) is 14.1. The van der Waals surface area contributed by atoms with Crippen molar-refractivity contribution < 1.29 is 18.4 Å². The van der Waals surface area contributed by atoms with Crippen LogP contribution in [0.1, 0.15) is 35.1 Å². The number of amides is 2. The van der Waals surface area contributed by atoms with E-state index in [2.05, 4.69) is 46.8 Å². The van der Waals surface area contributed by atoms with Gasteiger partial charge in [-0.1, -0.05) is 41.9 Å². The van der Waals surface area contributed by atoms with Gasteiger partial charge in [-0.2, -0.15) is 0 Å². The average Bonchev–Trinajstić information content (AvgIpc) is 3.25. The summed E-state index contributed by atoms with van der Waals surface area (Å²) in [6.45, 7) is 2.38. The fourth-order valence-electron chi connectivity index (χ4n) is 6.71. The van der Waals surface area contributed by atoms with E-state index in [1.54, 1.807) is 12.1 Å². The summed E-state index contributed by atoms with van der Waals surface area (Å²) in [5.41, 5.74) is 4.72. The zero-order valence-corrected chi connectivity index (χ0v) is 23.7. The first kappa shape index (κ1) is 27.7. The summed E-state index contributed by atoms with van der Waals surface area (Å²) in [5.74, 6) is -2.29. The fourth-order valence-corrected chi connectivity index (χ4v) is 6.83. The molecule has 2 atom stereocenters. The van der Waals surface area contributed by atoms with Crippen LogP contribution in [0.3, 0.4) is 0 Å². The first-order chi connectivity index (χ1) is 19.7. The summed E-state index contributed by atoms with van der Waals surface area (Å²) in [4.78, 5) is 31.6. The van der Waals surface area contributed by atoms with Crippen molar-refractivity contribution >= 4 is 29.1 Å². The number of benzene rings is 3. The lowest BCUT2D eigenvalue weighted by Crippen LogP contribution is -2.57. The topological polar surface area (TPSA) is 64.7 Å². The summed E-state index contributed by atoms with van der Waals surface area (Å²) < 4.78 is 27.6. The number of rotatable bonds is 5. The van der Waals surface area contributed by atoms with Crippen molar-refractivity contribution in [3.63, 3.8) is 0 Å². The quantitative estimate of drug-likeness (QED) is 0.472. The van der Waals surface area contributed by atoms with Crippen LogP contribution in [0.15, 0.2) is 60.7 Å². The molecule has 0 bridgehead atoms. The van der Waals surface area contributed by atoms with Gasteiger partial charge in [-0.25, -0.2) is 8.78 Å². The van der Waals surface area contributed by atoms with Gasteiger partial charge in [0.1, 0.15) is 6.04 Å². The third-order valence-electron chi connectivity index (χ3n) is 8.95. The van der Waals surface area contributed by atoms with Gasteiger partial charge in [0, 0.05) is 55.8 Å². The Bertz CT molecular complexity index is 1470. The van der Waals surface area contributed by atoms with Crippen molar-refractivity contribution in [2.45, 2.75) is 49.7 Å². The van der Waals surface area contributed by atoms with E-state index in [1.165, 1.54) is 17.3 Å². The number of carbonyl (C=O) groups excluding carboxylic acids is 2. The van der Waals surface area contributed by atoms with E-state index in [0.29, 0.717) is 35.7 Å². The summed E-state index contributed by atoms with van der Waals surface area (Å²) in [7, 11) is 2.12. The minimum absolute atomic E-state index is 0.0191. The van der Waals surface area contributed by atoms with E-state index in [-0.39, 0.29) is 30.2 Å². The molecule has 1 fully saturated rings. The highest BCUT2D eigenvalue weighted by Crippen LogP contribution is 2.46. The van der Waals surface area contributed by atoms with Crippen molar-refractivity contribution in [1.29, 1.82) is 0 Å². The Hall–Kier alpha value is -3.49. The number of nitrogens with one attached hydrogen (secondary N) is 2. The van der Waals surface area contributed by atoms with E-state index in [1.807, 2.05) is 17.0 Å². The summed E-state index contributed by atoms with van der Waals surface area (Å²) in [5, 5.41) is 6.70. The van der Waals surface area contributed by atoms with E-state index in [4.69, 9.17) is 11.6 Å². The molecule has 0 radical (unpaired) electrons. The maximum Gasteiger partial charge on any atom is 0.245 e. The lowest BCUT2D eigenvalue weighted by Gasteiger charge is -2.41. The molecule has 3 aromatic carbocycles. The maximum absolute atomic E-state index is 13.9. The molecule has 3 aliphatic heterocycles. The van der Waals surface area contributed by atoms with Crippen molar-refractivity contribution in [2.24, 2.45) is 0 Å². The molecule has 2 N–H and O–H groups in total. The SMILES string of the molecule is CN1CC2(CCN(C(=O)[C@@H](Cc3ccc(Cl)cc3)NC(=O)[C@@H]3Cc4cc(F)c(F)cc4CN3)CC2)c2ccccc21. The molecule has 9 heteroatoms. The van der Waals surface area contributed by atoms with Gasteiger partial charge in [-0.3, -0.25) is 9.59 Å². The number of carbonyl (C=O) groups is 2. The molecule has 3 aromatic rings. The van der Waals surface area contributed by atoms with E-state index in [9.17, 15) is 18.4 Å². The molecule has 0 aliphatic carbocycles. The number of para-hydroxylation sites is 1. The Morgan fingerprint density at radius 1 is 1.05 bits per heavy atom. The molecule has 0 unspecified atom stereocenters. The highest BCUT2D eigenvalue weighted by atomic mass is 35.5. The van der Waals surface area contributed by atoms with Crippen LogP contribution in [0.25, 0.3) is 0 Å². The highest BCUT2D eigenvalue weighted by Gasteiger charge is 2.45. The molecule has 6 nitrogen and oxygen atoms in total. The van der Waals surface area contributed by atoms with Crippen molar-refractivity contribution in [3.05, 3.63) is 99.6 Å². The predicted molar refractivity (Wildman–Crippen MR) is 155 cm³/mol. The maximum atomic E-state index is 13.9.